The highest BCUT2D eigenvalue weighted by atomic mass is 35.5. The van der Waals surface area contributed by atoms with Gasteiger partial charge in [0.1, 0.15) is 17.6 Å². The molecule has 4 rings (SSSR count). The smallest absolute Gasteiger partial charge is 0.258 e. The molecule has 0 bridgehead atoms. The summed E-state index contributed by atoms with van der Waals surface area (Å²) in [5.74, 6) is 0.319. The maximum Gasteiger partial charge on any atom is 0.258 e. The Morgan fingerprint density at radius 2 is 2.12 bits per heavy atom. The van der Waals surface area contributed by atoms with Crippen molar-refractivity contribution in [2.45, 2.75) is 13.0 Å². The van der Waals surface area contributed by atoms with Crippen molar-refractivity contribution >= 4 is 28.2 Å². The van der Waals surface area contributed by atoms with Crippen LogP contribution in [0.4, 0.5) is 8.78 Å². The number of aromatic nitrogens is 6. The lowest BCUT2D eigenvalue weighted by Crippen LogP contribution is -2.08. The summed E-state index contributed by atoms with van der Waals surface area (Å²) in [6.07, 6.45) is -0.792. The summed E-state index contributed by atoms with van der Waals surface area (Å²) >= 11 is 5.88. The molecular formula is C15H11ClF2N6O. The van der Waals surface area contributed by atoms with Gasteiger partial charge in [-0.05, 0) is 35.4 Å². The highest BCUT2D eigenvalue weighted by Gasteiger charge is 2.16. The van der Waals surface area contributed by atoms with Crippen LogP contribution in [0.3, 0.4) is 0 Å². The van der Waals surface area contributed by atoms with Crippen molar-refractivity contribution < 1.29 is 13.5 Å². The molecular weight excluding hydrogens is 354 g/mol. The van der Waals surface area contributed by atoms with Crippen molar-refractivity contribution in [1.82, 2.24) is 29.6 Å². The standard InChI is InChI=1S/C15H11ClF2N6O/c1-25-14-13-9(4-5-23(13)21-15(16)19-14)8-2-3-10-11(6-8)24(22-20-10)7-12(17)18/h2-6,12H,7H2,1H3. The topological polar surface area (TPSA) is 70.1 Å². The number of fused-ring (bicyclic) bond motifs is 2. The third-order valence-corrected chi connectivity index (χ3v) is 3.94. The maximum absolute atomic E-state index is 12.7. The number of nitrogens with zero attached hydrogens (tertiary/aromatic N) is 6. The van der Waals surface area contributed by atoms with Gasteiger partial charge in [0.2, 0.25) is 11.2 Å². The lowest BCUT2D eigenvalue weighted by molar-refractivity contribution is 0.122. The van der Waals surface area contributed by atoms with E-state index in [1.807, 2.05) is 12.1 Å². The van der Waals surface area contributed by atoms with Crippen molar-refractivity contribution in [1.29, 1.82) is 0 Å². The summed E-state index contributed by atoms with van der Waals surface area (Å²) < 4.78 is 33.5. The third-order valence-electron chi connectivity index (χ3n) is 3.78. The molecule has 0 N–H and O–H groups in total. The molecule has 0 aliphatic heterocycles. The van der Waals surface area contributed by atoms with Gasteiger partial charge in [0.15, 0.2) is 0 Å². The molecule has 0 saturated carbocycles. The zero-order valence-electron chi connectivity index (χ0n) is 12.9. The van der Waals surface area contributed by atoms with E-state index in [1.54, 1.807) is 22.8 Å². The zero-order valence-corrected chi connectivity index (χ0v) is 13.7. The molecule has 0 atom stereocenters. The molecule has 0 saturated heterocycles. The molecule has 128 valence electrons. The van der Waals surface area contributed by atoms with Gasteiger partial charge in [0.25, 0.3) is 6.43 Å². The summed E-state index contributed by atoms with van der Waals surface area (Å²) in [6, 6.07) is 7.13. The minimum absolute atomic E-state index is 0.0566. The highest BCUT2D eigenvalue weighted by Crippen LogP contribution is 2.32. The fraction of sp³-hybridized carbons (Fsp3) is 0.200. The molecule has 0 unspecified atom stereocenters. The Morgan fingerprint density at radius 1 is 1.28 bits per heavy atom. The molecule has 25 heavy (non-hydrogen) atoms. The van der Waals surface area contributed by atoms with E-state index in [0.29, 0.717) is 22.4 Å². The molecule has 4 aromatic rings. The molecule has 0 spiro atoms. The van der Waals surface area contributed by atoms with Crippen LogP contribution in [-0.4, -0.2) is 43.1 Å². The van der Waals surface area contributed by atoms with E-state index < -0.39 is 13.0 Å². The van der Waals surface area contributed by atoms with E-state index in [4.69, 9.17) is 16.3 Å². The van der Waals surface area contributed by atoms with Gasteiger partial charge < -0.3 is 4.74 Å². The van der Waals surface area contributed by atoms with Gasteiger partial charge >= 0.3 is 0 Å². The Kier molecular flexibility index (Phi) is 3.72. The van der Waals surface area contributed by atoms with Crippen molar-refractivity contribution in [3.05, 3.63) is 35.7 Å². The number of hydrogen-bond donors (Lipinski definition) is 0. The molecule has 7 nitrogen and oxygen atoms in total. The van der Waals surface area contributed by atoms with E-state index >= 15 is 0 Å². The van der Waals surface area contributed by atoms with Crippen LogP contribution in [0, 0.1) is 0 Å². The third kappa shape index (κ3) is 2.66. The van der Waals surface area contributed by atoms with Crippen molar-refractivity contribution in [2.24, 2.45) is 0 Å². The van der Waals surface area contributed by atoms with Crippen LogP contribution in [0.1, 0.15) is 0 Å². The van der Waals surface area contributed by atoms with Gasteiger partial charge in [0, 0.05) is 11.8 Å². The van der Waals surface area contributed by atoms with Crippen LogP contribution in [-0.2, 0) is 6.54 Å². The second kappa shape index (κ2) is 5.92. The second-order valence-electron chi connectivity index (χ2n) is 5.28. The van der Waals surface area contributed by atoms with Gasteiger partial charge in [-0.25, -0.2) is 18.0 Å². The quantitative estimate of drug-likeness (QED) is 0.556. The number of ether oxygens (including phenoxy) is 1. The molecule has 1 aromatic carbocycles. The van der Waals surface area contributed by atoms with Crippen molar-refractivity contribution in [2.75, 3.05) is 7.11 Å². The Morgan fingerprint density at radius 3 is 2.88 bits per heavy atom. The Bertz CT molecular complexity index is 1080. The molecule has 3 aromatic heterocycles. The van der Waals surface area contributed by atoms with Gasteiger partial charge in [-0.15, -0.1) is 10.2 Å². The number of halogens is 3. The molecule has 3 heterocycles. The Labute approximate surface area is 144 Å². The molecule has 0 radical (unpaired) electrons. The van der Waals surface area contributed by atoms with E-state index in [9.17, 15) is 8.78 Å². The fourth-order valence-electron chi connectivity index (χ4n) is 2.74. The van der Waals surface area contributed by atoms with Crippen LogP contribution in [0.5, 0.6) is 5.88 Å². The fourth-order valence-corrected chi connectivity index (χ4v) is 2.90. The first-order valence-corrected chi connectivity index (χ1v) is 7.65. The van der Waals surface area contributed by atoms with Crippen LogP contribution >= 0.6 is 11.6 Å². The molecule has 10 heteroatoms. The van der Waals surface area contributed by atoms with Gasteiger partial charge in [-0.3, -0.25) is 0 Å². The summed E-state index contributed by atoms with van der Waals surface area (Å²) in [4.78, 5) is 4.07. The van der Waals surface area contributed by atoms with Crippen LogP contribution in [0.25, 0.3) is 27.7 Å². The highest BCUT2D eigenvalue weighted by molar-refractivity contribution is 6.28. The number of rotatable bonds is 4. The predicted molar refractivity (Wildman–Crippen MR) is 87.1 cm³/mol. The minimum Gasteiger partial charge on any atom is -0.479 e. The molecule has 0 aliphatic carbocycles. The summed E-state index contributed by atoms with van der Waals surface area (Å²) in [6.45, 7) is -0.515. The molecule has 0 amide bonds. The predicted octanol–water partition coefficient (Wildman–Crippen LogP) is 3.07. The van der Waals surface area contributed by atoms with E-state index in [1.165, 1.54) is 11.8 Å². The Balaban J connectivity index is 1.91. The van der Waals surface area contributed by atoms with E-state index in [2.05, 4.69) is 20.4 Å². The molecule has 0 aliphatic rings. The van der Waals surface area contributed by atoms with Crippen LogP contribution < -0.4 is 4.74 Å². The normalized spacial score (nSPS) is 11.7. The first-order valence-electron chi connectivity index (χ1n) is 7.27. The number of hydrogen-bond acceptors (Lipinski definition) is 5. The SMILES string of the molecule is COc1nc(Cl)nn2ccc(-c3ccc4nnn(CC(F)F)c4c3)c12. The number of methoxy groups -OCH3 is 1. The lowest BCUT2D eigenvalue weighted by atomic mass is 10.1. The Hall–Kier alpha value is -2.81. The monoisotopic (exact) mass is 364 g/mol. The van der Waals surface area contributed by atoms with E-state index in [-0.39, 0.29) is 5.28 Å². The minimum atomic E-state index is -2.51. The van der Waals surface area contributed by atoms with Crippen LogP contribution in [0.15, 0.2) is 30.5 Å². The summed E-state index contributed by atoms with van der Waals surface area (Å²) in [5.41, 5.74) is 3.24. The zero-order chi connectivity index (χ0) is 17.6. The van der Waals surface area contributed by atoms with Crippen molar-refractivity contribution in [3.63, 3.8) is 0 Å². The number of alkyl halides is 2. The van der Waals surface area contributed by atoms with Gasteiger partial charge in [-0.1, -0.05) is 11.3 Å². The summed E-state index contributed by atoms with van der Waals surface area (Å²) in [7, 11) is 1.49. The first-order chi connectivity index (χ1) is 12.1. The first kappa shape index (κ1) is 15.7. The second-order valence-corrected chi connectivity index (χ2v) is 5.62. The average molecular weight is 365 g/mol. The van der Waals surface area contributed by atoms with Crippen LogP contribution in [0.2, 0.25) is 5.28 Å². The van der Waals surface area contributed by atoms with Crippen molar-refractivity contribution in [3.8, 4) is 17.0 Å². The maximum atomic E-state index is 12.7. The lowest BCUT2D eigenvalue weighted by Gasteiger charge is -2.06. The average Bonchev–Trinajstić information content (AvgIpc) is 3.17. The number of benzene rings is 1. The van der Waals surface area contributed by atoms with Gasteiger partial charge in [0.05, 0.1) is 12.6 Å². The largest absolute Gasteiger partial charge is 0.479 e. The van der Waals surface area contributed by atoms with Gasteiger partial charge in [-0.2, -0.15) is 4.98 Å². The molecule has 0 fully saturated rings. The van der Waals surface area contributed by atoms with E-state index in [0.717, 1.165) is 11.1 Å². The summed E-state index contributed by atoms with van der Waals surface area (Å²) in [5, 5.41) is 11.8.